The van der Waals surface area contributed by atoms with E-state index < -0.39 is 10.0 Å². The summed E-state index contributed by atoms with van der Waals surface area (Å²) in [6.07, 6.45) is 19.5. The molecule has 1 N–H and O–H groups in total. The smallest absolute Gasteiger partial charge is 0.211 e. The zero-order valence-corrected chi connectivity index (χ0v) is 26.6. The van der Waals surface area contributed by atoms with Crippen LogP contribution < -0.4 is 4.72 Å². The van der Waals surface area contributed by atoms with Gasteiger partial charge in [-0.1, -0.05) is 113 Å². The molecule has 0 heterocycles. The molecule has 212 valence electrons. The second-order valence-corrected chi connectivity index (χ2v) is 14.2. The van der Waals surface area contributed by atoms with Gasteiger partial charge in [-0.3, -0.25) is 0 Å². The zero-order valence-electron chi connectivity index (χ0n) is 23.7. The van der Waals surface area contributed by atoms with Crippen LogP contribution in [0.4, 0.5) is 0 Å². The van der Waals surface area contributed by atoms with Gasteiger partial charge < -0.3 is 14.0 Å². The second-order valence-electron chi connectivity index (χ2n) is 11.1. The number of rotatable bonds is 26. The van der Waals surface area contributed by atoms with Crippen LogP contribution in [0.3, 0.4) is 0 Å². The summed E-state index contributed by atoms with van der Waals surface area (Å²) in [5.74, 6) is 0.161. The van der Waals surface area contributed by atoms with Crippen LogP contribution in [0, 0.1) is 5.92 Å². The maximum Gasteiger partial charge on any atom is 0.211 e. The van der Waals surface area contributed by atoms with E-state index in [1.807, 2.05) is 0 Å². The van der Waals surface area contributed by atoms with E-state index in [9.17, 15) is 8.42 Å². The molecule has 0 bridgehead atoms. The van der Waals surface area contributed by atoms with Gasteiger partial charge in [0.2, 0.25) is 10.0 Å². The van der Waals surface area contributed by atoms with Gasteiger partial charge in [-0.15, -0.1) is 0 Å². The fraction of sp³-hybridized carbons (Fsp3) is 1.00. The third-order valence-corrected chi connectivity index (χ3v) is 9.14. The van der Waals surface area contributed by atoms with Crippen LogP contribution in [0.15, 0.2) is 0 Å². The summed E-state index contributed by atoms with van der Waals surface area (Å²) in [5, 5.41) is 0. The Morgan fingerprint density at radius 3 is 1.74 bits per heavy atom. The number of alkyl halides is 1. The molecule has 0 aromatic rings. The van der Waals surface area contributed by atoms with Crippen molar-refractivity contribution in [3.05, 3.63) is 0 Å². The van der Waals surface area contributed by atoms with Crippen molar-refractivity contribution in [2.24, 2.45) is 5.92 Å². The molecule has 35 heavy (non-hydrogen) atoms. The second kappa shape index (κ2) is 22.5. The predicted octanol–water partition coefficient (Wildman–Crippen LogP) is 6.52. The van der Waals surface area contributed by atoms with Crippen molar-refractivity contribution < 1.29 is 22.4 Å². The topological polar surface area (TPSA) is 64.6 Å². The van der Waals surface area contributed by atoms with E-state index in [4.69, 9.17) is 9.47 Å². The molecule has 0 saturated heterocycles. The molecule has 0 aromatic heterocycles. The van der Waals surface area contributed by atoms with Crippen molar-refractivity contribution in [1.82, 2.24) is 4.72 Å². The molecule has 6 nitrogen and oxygen atoms in total. The molecule has 0 radical (unpaired) electrons. The molecular weight excluding hydrogens is 575 g/mol. The van der Waals surface area contributed by atoms with Crippen LogP contribution in [-0.2, 0) is 19.5 Å². The number of nitrogens with one attached hydrogen (secondary N) is 1. The highest BCUT2D eigenvalue weighted by Crippen LogP contribution is 2.18. The summed E-state index contributed by atoms with van der Waals surface area (Å²) >= 11 is 2.28. The standard InChI is InChI=1S/C27H58IN2O4S/c1-6-7-8-9-10-11-12-13-14-15-16-17-18-19-22-34-27(28)26(25-33-5)24-29-35(31,32)23-20-21-30(2,3)4/h26-27,29H,6-25H2,1-5H3/q+1. The van der Waals surface area contributed by atoms with Crippen LogP contribution in [0.5, 0.6) is 0 Å². The number of unbranched alkanes of at least 4 members (excludes halogenated alkanes) is 13. The normalized spacial score (nSPS) is 14.3. The van der Waals surface area contributed by atoms with Gasteiger partial charge in [-0.05, 0) is 6.42 Å². The van der Waals surface area contributed by atoms with E-state index in [1.165, 1.54) is 83.5 Å². The van der Waals surface area contributed by atoms with Crippen LogP contribution >= 0.6 is 22.6 Å². The predicted molar refractivity (Wildman–Crippen MR) is 159 cm³/mol. The summed E-state index contributed by atoms with van der Waals surface area (Å²) in [5.41, 5.74) is 0. The van der Waals surface area contributed by atoms with Crippen molar-refractivity contribution in [3.63, 3.8) is 0 Å². The fourth-order valence-electron chi connectivity index (χ4n) is 4.11. The van der Waals surface area contributed by atoms with Crippen LogP contribution in [0.25, 0.3) is 0 Å². The molecule has 0 aliphatic heterocycles. The van der Waals surface area contributed by atoms with E-state index in [0.717, 1.165) is 24.1 Å². The van der Waals surface area contributed by atoms with Gasteiger partial charge in [0.15, 0.2) is 0 Å². The van der Waals surface area contributed by atoms with Gasteiger partial charge in [0, 0.05) is 32.6 Å². The summed E-state index contributed by atoms with van der Waals surface area (Å²) in [4.78, 5) is 0. The number of nitrogens with zero attached hydrogens (tertiary/aromatic N) is 1. The lowest BCUT2D eigenvalue weighted by atomic mass is 10.0. The molecular formula is C27H58IN2O4S+. The molecule has 2 atom stereocenters. The molecule has 0 aliphatic rings. The molecule has 0 saturated carbocycles. The molecule has 0 aliphatic carbocycles. The van der Waals surface area contributed by atoms with E-state index in [0.29, 0.717) is 19.6 Å². The number of sulfonamides is 1. The fourth-order valence-corrected chi connectivity index (χ4v) is 5.94. The van der Waals surface area contributed by atoms with Crippen LogP contribution in [0.2, 0.25) is 0 Å². The lowest BCUT2D eigenvalue weighted by molar-refractivity contribution is -0.870. The first-order valence-corrected chi connectivity index (χ1v) is 17.0. The van der Waals surface area contributed by atoms with Gasteiger partial charge in [0.05, 0.1) is 40.0 Å². The van der Waals surface area contributed by atoms with E-state index in [1.54, 1.807) is 7.11 Å². The van der Waals surface area contributed by atoms with Crippen molar-refractivity contribution in [2.45, 2.75) is 107 Å². The minimum absolute atomic E-state index is 0.000386. The summed E-state index contributed by atoms with van der Waals surface area (Å²) in [6, 6.07) is 0. The number of quaternary nitrogens is 1. The number of ether oxygens (including phenoxy) is 2. The van der Waals surface area contributed by atoms with Gasteiger partial charge in [0.25, 0.3) is 0 Å². The van der Waals surface area contributed by atoms with Gasteiger partial charge >= 0.3 is 0 Å². The van der Waals surface area contributed by atoms with Gasteiger partial charge in [0.1, 0.15) is 4.11 Å². The number of hydrogen-bond donors (Lipinski definition) is 1. The third kappa shape index (κ3) is 24.6. The Morgan fingerprint density at radius 1 is 0.800 bits per heavy atom. The maximum absolute atomic E-state index is 12.4. The highest BCUT2D eigenvalue weighted by atomic mass is 127. The van der Waals surface area contributed by atoms with Crippen molar-refractivity contribution in [3.8, 4) is 0 Å². The number of halogens is 1. The van der Waals surface area contributed by atoms with Crippen LogP contribution in [-0.4, -0.2) is 77.3 Å². The third-order valence-electron chi connectivity index (χ3n) is 6.33. The molecule has 0 spiro atoms. The van der Waals surface area contributed by atoms with Crippen LogP contribution in [0.1, 0.15) is 103 Å². The lowest BCUT2D eigenvalue weighted by Gasteiger charge is -2.24. The molecule has 8 heteroatoms. The monoisotopic (exact) mass is 633 g/mol. The Kier molecular flexibility index (Phi) is 22.8. The summed E-state index contributed by atoms with van der Waals surface area (Å²) in [6.45, 7) is 4.67. The summed E-state index contributed by atoms with van der Waals surface area (Å²) < 4.78 is 39.5. The highest BCUT2D eigenvalue weighted by molar-refractivity contribution is 14.1. The quantitative estimate of drug-likeness (QED) is 0.0510. The van der Waals surface area contributed by atoms with Crippen molar-refractivity contribution in [1.29, 1.82) is 0 Å². The minimum Gasteiger partial charge on any atom is -0.384 e. The Morgan fingerprint density at radius 2 is 1.29 bits per heavy atom. The van der Waals surface area contributed by atoms with Crippen molar-refractivity contribution in [2.75, 3.05) is 60.3 Å². The number of methoxy groups -OCH3 is 1. The first-order chi connectivity index (χ1) is 16.6. The van der Waals surface area contributed by atoms with E-state index in [2.05, 4.69) is 55.4 Å². The molecule has 0 amide bonds. The maximum atomic E-state index is 12.4. The van der Waals surface area contributed by atoms with Gasteiger partial charge in [-0.2, -0.15) is 0 Å². The average Bonchev–Trinajstić information content (AvgIpc) is 2.78. The van der Waals surface area contributed by atoms with E-state index in [-0.39, 0.29) is 15.8 Å². The highest BCUT2D eigenvalue weighted by Gasteiger charge is 2.22. The number of hydrogen-bond acceptors (Lipinski definition) is 4. The zero-order chi connectivity index (χ0) is 26.4. The average molecular weight is 634 g/mol. The Labute approximate surface area is 232 Å². The summed E-state index contributed by atoms with van der Waals surface area (Å²) in [7, 11) is 4.60. The molecule has 0 rings (SSSR count). The molecule has 0 fully saturated rings. The molecule has 2 unspecified atom stereocenters. The Hall–Kier alpha value is 0.520. The van der Waals surface area contributed by atoms with Gasteiger partial charge in [-0.25, -0.2) is 13.1 Å². The minimum atomic E-state index is -3.28. The SMILES string of the molecule is CCCCCCCCCCCCCCCCOC(I)C(CNS(=O)(=O)CCC[N+](C)(C)C)COC. The largest absolute Gasteiger partial charge is 0.384 e. The van der Waals surface area contributed by atoms with Crippen molar-refractivity contribution >= 4 is 32.6 Å². The first kappa shape index (κ1) is 35.5. The van der Waals surface area contributed by atoms with E-state index >= 15 is 0 Å². The first-order valence-electron chi connectivity index (χ1n) is 14.1. The Bertz CT molecular complexity index is 570. The lowest BCUT2D eigenvalue weighted by Crippen LogP contribution is -2.39. The Balaban J connectivity index is 3.82. The molecule has 0 aromatic carbocycles.